The first-order chi connectivity index (χ1) is 9.81. The number of nitrogens with one attached hydrogen (secondary N) is 2. The topological polar surface area (TPSA) is 24.1 Å². The third-order valence-corrected chi connectivity index (χ3v) is 3.45. The van der Waals surface area contributed by atoms with E-state index in [4.69, 9.17) is 0 Å². The molecule has 22 heavy (non-hydrogen) atoms. The fourth-order valence-corrected chi connectivity index (χ4v) is 2.22. The Morgan fingerprint density at radius 1 is 0.682 bits per heavy atom. The summed E-state index contributed by atoms with van der Waals surface area (Å²) in [5, 5.41) is 6.91. The second kappa shape index (κ2) is 11.2. The molecule has 0 fully saturated rings. The molecular formula is C18H26Cl2N2. The van der Waals surface area contributed by atoms with E-state index in [0.717, 1.165) is 25.9 Å². The summed E-state index contributed by atoms with van der Waals surface area (Å²) in [5.74, 6) is 0. The maximum Gasteiger partial charge on any atom is 0.0343 e. The minimum Gasteiger partial charge on any atom is -0.383 e. The quantitative estimate of drug-likeness (QED) is 0.678. The number of hydrogen-bond acceptors (Lipinski definition) is 2. The minimum absolute atomic E-state index is 0. The van der Waals surface area contributed by atoms with Gasteiger partial charge in [0.25, 0.3) is 0 Å². The summed E-state index contributed by atoms with van der Waals surface area (Å²) in [5.41, 5.74) is 5.15. The van der Waals surface area contributed by atoms with Crippen LogP contribution in [0.15, 0.2) is 48.5 Å². The van der Waals surface area contributed by atoms with Gasteiger partial charge < -0.3 is 10.6 Å². The van der Waals surface area contributed by atoms with Crippen LogP contribution in [0.25, 0.3) is 0 Å². The van der Waals surface area contributed by atoms with E-state index >= 15 is 0 Å². The third-order valence-electron chi connectivity index (χ3n) is 3.45. The van der Waals surface area contributed by atoms with Gasteiger partial charge in [-0.25, -0.2) is 0 Å². The molecule has 2 aromatic rings. The fraction of sp³-hybridized carbons (Fsp3) is 0.333. The van der Waals surface area contributed by atoms with Gasteiger partial charge in [0.2, 0.25) is 0 Å². The zero-order valence-electron chi connectivity index (χ0n) is 13.3. The van der Waals surface area contributed by atoms with Gasteiger partial charge in [-0.3, -0.25) is 0 Å². The predicted molar refractivity (Wildman–Crippen MR) is 103 cm³/mol. The number of benzene rings is 2. The van der Waals surface area contributed by atoms with Gasteiger partial charge in [0, 0.05) is 24.5 Å². The van der Waals surface area contributed by atoms with E-state index in [2.05, 4.69) is 73.0 Å². The highest BCUT2D eigenvalue weighted by Crippen LogP contribution is 2.12. The zero-order chi connectivity index (χ0) is 14.2. The van der Waals surface area contributed by atoms with Gasteiger partial charge in [0.1, 0.15) is 0 Å². The smallest absolute Gasteiger partial charge is 0.0343 e. The van der Waals surface area contributed by atoms with Crippen LogP contribution in [0, 0.1) is 0 Å². The molecule has 4 heteroatoms. The van der Waals surface area contributed by atoms with E-state index in [1.54, 1.807) is 0 Å². The average Bonchev–Trinajstić information content (AvgIpc) is 2.52. The van der Waals surface area contributed by atoms with Crippen molar-refractivity contribution in [1.82, 2.24) is 0 Å². The molecule has 0 unspecified atom stereocenters. The summed E-state index contributed by atoms with van der Waals surface area (Å²) in [6, 6.07) is 17.2. The van der Waals surface area contributed by atoms with Crippen LogP contribution in [0.4, 0.5) is 11.4 Å². The highest BCUT2D eigenvalue weighted by Gasteiger charge is 1.95. The van der Waals surface area contributed by atoms with Crippen LogP contribution in [-0.2, 0) is 12.8 Å². The summed E-state index contributed by atoms with van der Waals surface area (Å²) in [7, 11) is 0. The van der Waals surface area contributed by atoms with Gasteiger partial charge in [0.05, 0.1) is 0 Å². The lowest BCUT2D eigenvalue weighted by Gasteiger charge is -2.10. The molecule has 0 saturated carbocycles. The number of anilines is 2. The van der Waals surface area contributed by atoms with Crippen molar-refractivity contribution in [3.63, 3.8) is 0 Å². The lowest BCUT2D eigenvalue weighted by Crippen LogP contribution is -2.13. The van der Waals surface area contributed by atoms with Crippen molar-refractivity contribution >= 4 is 36.2 Å². The summed E-state index contributed by atoms with van der Waals surface area (Å²) in [6.45, 7) is 6.20. The maximum atomic E-state index is 3.46. The van der Waals surface area contributed by atoms with Crippen molar-refractivity contribution in [2.45, 2.75) is 26.7 Å². The van der Waals surface area contributed by atoms with E-state index in [0.29, 0.717) is 0 Å². The predicted octanol–water partition coefficient (Wildman–Crippen LogP) is 5.18. The average molecular weight is 341 g/mol. The number of rotatable bonds is 7. The SMILES string of the molecule is CCc1cccc(NCCNc2cccc(CC)c2)c1.Cl.Cl. The number of aryl methyl sites for hydroxylation is 2. The van der Waals surface area contributed by atoms with E-state index in [1.807, 2.05) is 0 Å². The Hall–Kier alpha value is -1.38. The molecule has 0 aliphatic rings. The number of halogens is 2. The van der Waals surface area contributed by atoms with Crippen molar-refractivity contribution in [1.29, 1.82) is 0 Å². The first-order valence-electron chi connectivity index (χ1n) is 7.47. The molecule has 0 aliphatic heterocycles. The molecule has 2 rings (SSSR count). The molecule has 0 atom stereocenters. The third kappa shape index (κ3) is 6.59. The summed E-state index contributed by atoms with van der Waals surface area (Å²) in [4.78, 5) is 0. The molecule has 0 aromatic heterocycles. The first kappa shape index (κ1) is 20.6. The Bertz CT molecular complexity index is 495. The number of hydrogen-bond donors (Lipinski definition) is 2. The van der Waals surface area contributed by atoms with Crippen LogP contribution >= 0.6 is 24.8 Å². The van der Waals surface area contributed by atoms with Gasteiger partial charge in [-0.2, -0.15) is 0 Å². The molecule has 2 N–H and O–H groups in total. The Kier molecular flexibility index (Phi) is 10.5. The van der Waals surface area contributed by atoms with Crippen molar-refractivity contribution in [3.05, 3.63) is 59.7 Å². The highest BCUT2D eigenvalue weighted by molar-refractivity contribution is 5.85. The molecule has 0 bridgehead atoms. The standard InChI is InChI=1S/C18H24N2.2ClH/c1-3-15-7-5-9-17(13-15)19-11-12-20-18-10-6-8-16(4-2)14-18;;/h5-10,13-14,19-20H,3-4,11-12H2,1-2H3;2*1H. The van der Waals surface area contributed by atoms with Gasteiger partial charge >= 0.3 is 0 Å². The largest absolute Gasteiger partial charge is 0.383 e. The summed E-state index contributed by atoms with van der Waals surface area (Å²) < 4.78 is 0. The van der Waals surface area contributed by atoms with Crippen LogP contribution in [-0.4, -0.2) is 13.1 Å². The second-order valence-electron chi connectivity index (χ2n) is 4.96. The van der Waals surface area contributed by atoms with Crippen molar-refractivity contribution < 1.29 is 0 Å². The van der Waals surface area contributed by atoms with Gasteiger partial charge in [-0.05, 0) is 48.2 Å². The summed E-state index contributed by atoms with van der Waals surface area (Å²) >= 11 is 0. The minimum atomic E-state index is 0. The Balaban J connectivity index is 0.00000220. The molecule has 0 saturated heterocycles. The van der Waals surface area contributed by atoms with Crippen LogP contribution in [0.1, 0.15) is 25.0 Å². The molecule has 2 nitrogen and oxygen atoms in total. The van der Waals surface area contributed by atoms with Gasteiger partial charge in [-0.15, -0.1) is 24.8 Å². The second-order valence-corrected chi connectivity index (χ2v) is 4.96. The summed E-state index contributed by atoms with van der Waals surface area (Å²) in [6.07, 6.45) is 2.16. The molecule has 122 valence electrons. The van der Waals surface area contributed by atoms with Gasteiger partial charge in [-0.1, -0.05) is 38.1 Å². The molecule has 0 spiro atoms. The molecule has 0 aliphatic carbocycles. The normalized spacial score (nSPS) is 9.36. The van der Waals surface area contributed by atoms with Crippen LogP contribution in [0.2, 0.25) is 0 Å². The Morgan fingerprint density at radius 3 is 1.45 bits per heavy atom. The van der Waals surface area contributed by atoms with Crippen LogP contribution in [0.5, 0.6) is 0 Å². The molecule has 0 amide bonds. The maximum absolute atomic E-state index is 3.46. The van der Waals surface area contributed by atoms with Crippen LogP contribution < -0.4 is 10.6 Å². The van der Waals surface area contributed by atoms with Crippen LogP contribution in [0.3, 0.4) is 0 Å². The molecule has 0 radical (unpaired) electrons. The van der Waals surface area contributed by atoms with E-state index < -0.39 is 0 Å². The molecular weight excluding hydrogens is 315 g/mol. The first-order valence-corrected chi connectivity index (χ1v) is 7.47. The molecule has 0 heterocycles. The molecule has 2 aromatic carbocycles. The zero-order valence-corrected chi connectivity index (χ0v) is 14.9. The monoisotopic (exact) mass is 340 g/mol. The Labute approximate surface area is 146 Å². The van der Waals surface area contributed by atoms with E-state index in [-0.39, 0.29) is 24.8 Å². The lowest BCUT2D eigenvalue weighted by molar-refractivity contribution is 1.07. The van der Waals surface area contributed by atoms with Crippen molar-refractivity contribution in [2.24, 2.45) is 0 Å². The highest BCUT2D eigenvalue weighted by atomic mass is 35.5. The Morgan fingerprint density at radius 2 is 1.09 bits per heavy atom. The van der Waals surface area contributed by atoms with E-state index in [9.17, 15) is 0 Å². The van der Waals surface area contributed by atoms with Crippen molar-refractivity contribution in [2.75, 3.05) is 23.7 Å². The van der Waals surface area contributed by atoms with Gasteiger partial charge in [0.15, 0.2) is 0 Å². The van der Waals surface area contributed by atoms with Crippen molar-refractivity contribution in [3.8, 4) is 0 Å². The lowest BCUT2D eigenvalue weighted by atomic mass is 10.1. The fourth-order valence-electron chi connectivity index (χ4n) is 2.22. The van der Waals surface area contributed by atoms with E-state index in [1.165, 1.54) is 22.5 Å².